The number of carbonyl (C=O) groups excluding carboxylic acids is 2. The molecule has 0 bridgehead atoms. The maximum Gasteiger partial charge on any atom is 0.410 e. The lowest BCUT2D eigenvalue weighted by Crippen LogP contribution is -2.44. The number of hydrogen-bond acceptors (Lipinski definition) is 5. The first-order valence-electron chi connectivity index (χ1n) is 10.2. The van der Waals surface area contributed by atoms with Gasteiger partial charge in [0.05, 0.1) is 13.2 Å². The molecule has 8 heteroatoms. The Bertz CT molecular complexity index is 817. The van der Waals surface area contributed by atoms with Crippen LogP contribution in [0.4, 0.5) is 4.79 Å². The Hall–Kier alpha value is -3.03. The summed E-state index contributed by atoms with van der Waals surface area (Å²) in [6.07, 6.45) is 1.13. The van der Waals surface area contributed by atoms with Gasteiger partial charge in [0.2, 0.25) is 5.91 Å². The Kier molecular flexibility index (Phi) is 8.08. The Morgan fingerprint density at radius 1 is 1.32 bits per heavy atom. The highest BCUT2D eigenvalue weighted by atomic mass is 16.6. The van der Waals surface area contributed by atoms with Crippen molar-refractivity contribution in [2.45, 2.75) is 52.2 Å². The number of amides is 2. The van der Waals surface area contributed by atoms with Gasteiger partial charge in [-0.1, -0.05) is 45.6 Å². The van der Waals surface area contributed by atoms with E-state index in [1.54, 1.807) is 12.0 Å². The van der Waals surface area contributed by atoms with Gasteiger partial charge in [0.15, 0.2) is 0 Å². The van der Waals surface area contributed by atoms with Crippen molar-refractivity contribution in [3.63, 3.8) is 0 Å². The molecule has 1 unspecified atom stereocenters. The summed E-state index contributed by atoms with van der Waals surface area (Å²) in [6, 6.07) is 5.89. The second-order valence-corrected chi connectivity index (χ2v) is 8.87. The third kappa shape index (κ3) is 6.73. The monoisotopic (exact) mass is 432 g/mol. The molecule has 31 heavy (non-hydrogen) atoms. The molecule has 2 atom stereocenters. The number of nitrogens with zero attached hydrogens (tertiary/aromatic N) is 2. The Morgan fingerprint density at radius 2 is 2.03 bits per heavy atom. The lowest BCUT2D eigenvalue weighted by Gasteiger charge is -2.32. The normalized spacial score (nSPS) is 18.4. The predicted octanol–water partition coefficient (Wildman–Crippen LogP) is 3.31. The molecule has 1 aliphatic heterocycles. The molecule has 2 amide bonds. The second kappa shape index (κ2) is 10.3. The van der Waals surface area contributed by atoms with Crippen LogP contribution in [-0.2, 0) is 20.9 Å². The van der Waals surface area contributed by atoms with Crippen molar-refractivity contribution in [1.82, 2.24) is 9.80 Å². The van der Waals surface area contributed by atoms with Gasteiger partial charge in [0.1, 0.15) is 18.4 Å². The molecule has 0 radical (unpaired) electrons. The van der Waals surface area contributed by atoms with Crippen LogP contribution in [0.5, 0.6) is 5.75 Å². The highest BCUT2D eigenvalue weighted by Gasteiger charge is 2.44. The first-order valence-corrected chi connectivity index (χ1v) is 10.2. The number of carboxylic acid groups (broad SMARTS) is 1. The maximum absolute atomic E-state index is 13.2. The van der Waals surface area contributed by atoms with Gasteiger partial charge in [-0.05, 0) is 23.1 Å². The van der Waals surface area contributed by atoms with Crippen molar-refractivity contribution < 1.29 is 29.0 Å². The van der Waals surface area contributed by atoms with Crippen LogP contribution in [0, 0.1) is 5.41 Å². The van der Waals surface area contributed by atoms with Crippen LogP contribution in [0.3, 0.4) is 0 Å². The zero-order valence-electron chi connectivity index (χ0n) is 18.7. The molecular weight excluding hydrogens is 400 g/mol. The Labute approximate surface area is 183 Å². The molecule has 1 aliphatic rings. The van der Waals surface area contributed by atoms with E-state index in [0.29, 0.717) is 18.7 Å². The molecule has 1 saturated heterocycles. The molecule has 1 heterocycles. The van der Waals surface area contributed by atoms with E-state index in [0.717, 1.165) is 5.56 Å². The number of hydrogen-bond donors (Lipinski definition) is 1. The van der Waals surface area contributed by atoms with Gasteiger partial charge in [0.25, 0.3) is 0 Å². The van der Waals surface area contributed by atoms with Crippen LogP contribution in [0.2, 0.25) is 0 Å². The Morgan fingerprint density at radius 3 is 2.61 bits per heavy atom. The fourth-order valence-corrected chi connectivity index (χ4v) is 3.63. The maximum atomic E-state index is 13.2. The van der Waals surface area contributed by atoms with Crippen molar-refractivity contribution in [3.8, 4) is 5.75 Å². The van der Waals surface area contributed by atoms with Crippen molar-refractivity contribution in [3.05, 3.63) is 42.5 Å². The molecule has 0 saturated carbocycles. The number of ether oxygens (including phenoxy) is 2. The van der Waals surface area contributed by atoms with E-state index in [4.69, 9.17) is 9.47 Å². The molecule has 0 aromatic heterocycles. The molecule has 1 aromatic rings. The number of likely N-dealkylation sites (tertiary alicyclic amines) is 1. The molecule has 2 rings (SSSR count). The van der Waals surface area contributed by atoms with Gasteiger partial charge in [-0.2, -0.15) is 0 Å². The van der Waals surface area contributed by atoms with Gasteiger partial charge >= 0.3 is 12.1 Å². The van der Waals surface area contributed by atoms with Crippen LogP contribution >= 0.6 is 0 Å². The van der Waals surface area contributed by atoms with Gasteiger partial charge in [-0.3, -0.25) is 9.69 Å². The van der Waals surface area contributed by atoms with Crippen LogP contribution in [0.15, 0.2) is 36.9 Å². The number of rotatable bonds is 8. The summed E-state index contributed by atoms with van der Waals surface area (Å²) in [6.45, 7) is 9.79. The minimum atomic E-state index is -1.12. The third-order valence-electron chi connectivity index (χ3n) is 5.05. The van der Waals surface area contributed by atoms with E-state index in [1.165, 1.54) is 11.0 Å². The van der Waals surface area contributed by atoms with E-state index < -0.39 is 24.1 Å². The highest BCUT2D eigenvalue weighted by Crippen LogP contribution is 2.29. The van der Waals surface area contributed by atoms with Crippen molar-refractivity contribution in [2.75, 3.05) is 20.3 Å². The molecule has 170 valence electrons. The predicted molar refractivity (Wildman–Crippen MR) is 116 cm³/mol. The first kappa shape index (κ1) is 24.2. The highest BCUT2D eigenvalue weighted by molar-refractivity contribution is 5.82. The van der Waals surface area contributed by atoms with Crippen molar-refractivity contribution in [2.24, 2.45) is 5.41 Å². The smallest absolute Gasteiger partial charge is 0.410 e. The van der Waals surface area contributed by atoms with Crippen molar-refractivity contribution >= 4 is 18.0 Å². The summed E-state index contributed by atoms with van der Waals surface area (Å²) >= 11 is 0. The fraction of sp³-hybridized carbons (Fsp3) is 0.522. The zero-order valence-corrected chi connectivity index (χ0v) is 18.7. The summed E-state index contributed by atoms with van der Waals surface area (Å²) < 4.78 is 10.3. The number of aliphatic carboxylic acids is 1. The molecule has 8 nitrogen and oxygen atoms in total. The molecule has 0 spiro atoms. The molecule has 0 aliphatic carbocycles. The van der Waals surface area contributed by atoms with Crippen LogP contribution in [0.25, 0.3) is 0 Å². The van der Waals surface area contributed by atoms with Crippen LogP contribution < -0.4 is 4.74 Å². The average molecular weight is 433 g/mol. The zero-order chi connectivity index (χ0) is 23.2. The molecular formula is C23H32N2O6. The lowest BCUT2D eigenvalue weighted by atomic mass is 9.91. The number of carboxylic acids is 1. The van der Waals surface area contributed by atoms with Crippen molar-refractivity contribution in [1.29, 1.82) is 0 Å². The summed E-state index contributed by atoms with van der Waals surface area (Å²) in [5, 5.41) is 9.65. The first-order chi connectivity index (χ1) is 14.6. The summed E-state index contributed by atoms with van der Waals surface area (Å²) in [5.41, 5.74) is 0.623. The second-order valence-electron chi connectivity index (χ2n) is 8.87. The van der Waals surface area contributed by atoms with Gasteiger partial charge in [0, 0.05) is 25.9 Å². The van der Waals surface area contributed by atoms with E-state index >= 15 is 0 Å². The minimum Gasteiger partial charge on any atom is -0.497 e. The fourth-order valence-electron chi connectivity index (χ4n) is 3.63. The van der Waals surface area contributed by atoms with Gasteiger partial charge in [-0.15, -0.1) is 0 Å². The number of methoxy groups -OCH3 is 1. The van der Waals surface area contributed by atoms with Crippen LogP contribution in [0.1, 0.15) is 39.2 Å². The largest absolute Gasteiger partial charge is 0.497 e. The standard InChI is InChI=1S/C23H32N2O6/c1-6-10-31-22(29)25-15-17(12-19(25)21(27)28)24(20(26)13-23(2,3)4)14-16-8-7-9-18(11-16)30-5/h6-9,11,17,19H,1,10,12-15H2,2-5H3,(H,27,28)/t17-,19?/m0/s1. The summed E-state index contributed by atoms with van der Waals surface area (Å²) in [7, 11) is 1.57. The molecule has 1 aromatic carbocycles. The lowest BCUT2D eigenvalue weighted by molar-refractivity contribution is -0.142. The Balaban J connectivity index is 2.31. The summed E-state index contributed by atoms with van der Waals surface area (Å²) in [5.74, 6) is -0.543. The van der Waals surface area contributed by atoms with E-state index in [2.05, 4.69) is 6.58 Å². The van der Waals surface area contributed by atoms with Gasteiger partial charge < -0.3 is 19.5 Å². The summed E-state index contributed by atoms with van der Waals surface area (Å²) in [4.78, 5) is 40.3. The SMILES string of the molecule is C=CCOC(=O)N1C[C@@H](N(Cc2cccc(OC)c2)C(=O)CC(C)(C)C)CC1C(=O)O. The van der Waals surface area contributed by atoms with Crippen LogP contribution in [-0.4, -0.2) is 65.2 Å². The van der Waals surface area contributed by atoms with Gasteiger partial charge in [-0.25, -0.2) is 9.59 Å². The number of benzene rings is 1. The molecule has 1 N–H and O–H groups in total. The van der Waals surface area contributed by atoms with E-state index in [9.17, 15) is 19.5 Å². The van der Waals surface area contributed by atoms with E-state index in [-0.39, 0.29) is 30.9 Å². The topological polar surface area (TPSA) is 96.4 Å². The average Bonchev–Trinajstić information content (AvgIpc) is 3.14. The van der Waals surface area contributed by atoms with E-state index in [1.807, 2.05) is 45.0 Å². The molecule has 1 fully saturated rings. The minimum absolute atomic E-state index is 0.0111. The number of carbonyl (C=O) groups is 3. The quantitative estimate of drug-likeness (QED) is 0.633. The third-order valence-corrected chi connectivity index (χ3v) is 5.05.